The van der Waals surface area contributed by atoms with Gasteiger partial charge in [0.05, 0.1) is 0 Å². The van der Waals surface area contributed by atoms with Gasteiger partial charge in [-0.2, -0.15) is 0 Å². The Balaban J connectivity index is 1.46. The van der Waals surface area contributed by atoms with E-state index in [4.69, 9.17) is 0 Å². The summed E-state index contributed by atoms with van der Waals surface area (Å²) in [5.41, 5.74) is 2.49. The van der Waals surface area contributed by atoms with Gasteiger partial charge in [0, 0.05) is 39.4 Å². The van der Waals surface area contributed by atoms with Crippen LogP contribution in [0.15, 0.2) is 53.7 Å². The normalized spacial score (nSPS) is 16.7. The molecule has 1 aliphatic heterocycles. The number of rotatable bonds is 6. The van der Waals surface area contributed by atoms with Gasteiger partial charge < -0.3 is 15.5 Å². The Morgan fingerprint density at radius 1 is 1.14 bits per heavy atom. The van der Waals surface area contributed by atoms with Crippen LogP contribution in [0.2, 0.25) is 0 Å². The second kappa shape index (κ2) is 10.1. The fourth-order valence-corrected chi connectivity index (χ4v) is 3.50. The van der Waals surface area contributed by atoms with Crippen LogP contribution in [0.3, 0.4) is 0 Å². The minimum Gasteiger partial charge on any atom is -0.357 e. The first-order chi connectivity index (χ1) is 13.7. The SMILES string of the molecule is CN=C(NCc1ccc(N2CCC(C)CC2)nc1)NCC(C)c1ccccc1. The van der Waals surface area contributed by atoms with E-state index in [1.165, 1.54) is 18.4 Å². The van der Waals surface area contributed by atoms with E-state index in [2.05, 4.69) is 81.8 Å². The monoisotopic (exact) mass is 379 g/mol. The smallest absolute Gasteiger partial charge is 0.191 e. The van der Waals surface area contributed by atoms with Crippen molar-refractivity contribution in [2.45, 2.75) is 39.2 Å². The van der Waals surface area contributed by atoms with Crippen molar-refractivity contribution >= 4 is 11.8 Å². The molecule has 1 aromatic carbocycles. The van der Waals surface area contributed by atoms with E-state index in [9.17, 15) is 0 Å². The molecule has 1 fully saturated rings. The summed E-state index contributed by atoms with van der Waals surface area (Å²) in [5, 5.41) is 6.80. The van der Waals surface area contributed by atoms with Gasteiger partial charge in [0.2, 0.25) is 0 Å². The number of pyridine rings is 1. The average Bonchev–Trinajstić information content (AvgIpc) is 2.75. The van der Waals surface area contributed by atoms with E-state index in [1.54, 1.807) is 7.05 Å². The maximum absolute atomic E-state index is 4.67. The van der Waals surface area contributed by atoms with Gasteiger partial charge in [-0.25, -0.2) is 4.98 Å². The molecule has 0 spiro atoms. The molecule has 1 unspecified atom stereocenters. The molecule has 0 aliphatic carbocycles. The molecule has 0 bridgehead atoms. The van der Waals surface area contributed by atoms with E-state index in [-0.39, 0.29) is 0 Å². The first-order valence-electron chi connectivity index (χ1n) is 10.3. The lowest BCUT2D eigenvalue weighted by Gasteiger charge is -2.31. The van der Waals surface area contributed by atoms with Gasteiger partial charge >= 0.3 is 0 Å². The third-order valence-corrected chi connectivity index (χ3v) is 5.54. The summed E-state index contributed by atoms with van der Waals surface area (Å²) < 4.78 is 0. The largest absolute Gasteiger partial charge is 0.357 e. The number of nitrogens with zero attached hydrogens (tertiary/aromatic N) is 3. The molecule has 1 saturated heterocycles. The number of hydrogen-bond acceptors (Lipinski definition) is 3. The zero-order chi connectivity index (χ0) is 19.8. The highest BCUT2D eigenvalue weighted by molar-refractivity contribution is 5.79. The zero-order valence-electron chi connectivity index (χ0n) is 17.4. The summed E-state index contributed by atoms with van der Waals surface area (Å²) >= 11 is 0. The lowest BCUT2D eigenvalue weighted by Crippen LogP contribution is -2.38. The van der Waals surface area contributed by atoms with Crippen LogP contribution in [-0.2, 0) is 6.54 Å². The molecular formula is C23H33N5. The van der Waals surface area contributed by atoms with E-state index >= 15 is 0 Å². The van der Waals surface area contributed by atoms with Crippen LogP contribution in [0.1, 0.15) is 43.7 Å². The first-order valence-corrected chi connectivity index (χ1v) is 10.3. The maximum atomic E-state index is 4.67. The topological polar surface area (TPSA) is 52.6 Å². The molecule has 5 heteroatoms. The van der Waals surface area contributed by atoms with Crippen LogP contribution in [0.4, 0.5) is 5.82 Å². The van der Waals surface area contributed by atoms with E-state index in [0.717, 1.165) is 42.9 Å². The fourth-order valence-electron chi connectivity index (χ4n) is 3.50. The quantitative estimate of drug-likeness (QED) is 0.592. The number of benzene rings is 1. The molecule has 3 rings (SSSR count). The standard InChI is InChI=1S/C23H33N5/c1-18-11-13-28(14-12-18)22-10-9-20(16-25-22)17-27-23(24-3)26-15-19(2)21-7-5-4-6-8-21/h4-10,16,18-19H,11-15,17H2,1-3H3,(H2,24,26,27). The fraction of sp³-hybridized carbons (Fsp3) is 0.478. The Bertz CT molecular complexity index is 733. The minimum atomic E-state index is 0.424. The Hall–Kier alpha value is -2.56. The van der Waals surface area contributed by atoms with E-state index in [0.29, 0.717) is 12.5 Å². The summed E-state index contributed by atoms with van der Waals surface area (Å²) in [6, 6.07) is 14.8. The van der Waals surface area contributed by atoms with Gasteiger partial charge in [-0.1, -0.05) is 50.2 Å². The number of nitrogens with one attached hydrogen (secondary N) is 2. The molecule has 0 amide bonds. The van der Waals surface area contributed by atoms with Gasteiger partial charge in [0.25, 0.3) is 0 Å². The molecule has 0 radical (unpaired) electrons. The third kappa shape index (κ3) is 5.72. The maximum Gasteiger partial charge on any atom is 0.191 e. The molecule has 1 aliphatic rings. The van der Waals surface area contributed by atoms with Crippen LogP contribution in [-0.4, -0.2) is 37.6 Å². The highest BCUT2D eigenvalue weighted by atomic mass is 15.2. The van der Waals surface area contributed by atoms with Gasteiger partial charge in [-0.05, 0) is 41.9 Å². The van der Waals surface area contributed by atoms with Crippen LogP contribution in [0, 0.1) is 5.92 Å². The van der Waals surface area contributed by atoms with E-state index < -0.39 is 0 Å². The van der Waals surface area contributed by atoms with Crippen molar-refractivity contribution in [2.75, 3.05) is 31.6 Å². The molecule has 2 aromatic rings. The molecule has 5 nitrogen and oxygen atoms in total. The molecule has 1 atom stereocenters. The predicted molar refractivity (Wildman–Crippen MR) is 118 cm³/mol. The Labute approximate surface area is 169 Å². The van der Waals surface area contributed by atoms with Crippen molar-refractivity contribution in [3.8, 4) is 0 Å². The molecule has 28 heavy (non-hydrogen) atoms. The average molecular weight is 380 g/mol. The van der Waals surface area contributed by atoms with Crippen LogP contribution >= 0.6 is 0 Å². The number of aromatic nitrogens is 1. The van der Waals surface area contributed by atoms with Gasteiger partial charge in [-0.15, -0.1) is 0 Å². The van der Waals surface area contributed by atoms with Crippen molar-refractivity contribution in [2.24, 2.45) is 10.9 Å². The van der Waals surface area contributed by atoms with Crippen LogP contribution in [0.25, 0.3) is 0 Å². The van der Waals surface area contributed by atoms with Crippen molar-refractivity contribution in [1.82, 2.24) is 15.6 Å². The predicted octanol–water partition coefficient (Wildman–Crippen LogP) is 3.79. The number of hydrogen-bond donors (Lipinski definition) is 2. The zero-order valence-corrected chi connectivity index (χ0v) is 17.4. The van der Waals surface area contributed by atoms with Gasteiger partial charge in [0.1, 0.15) is 5.82 Å². The Morgan fingerprint density at radius 2 is 1.89 bits per heavy atom. The first kappa shape index (κ1) is 20.2. The number of aliphatic imine (C=N–C) groups is 1. The van der Waals surface area contributed by atoms with Gasteiger partial charge in [0.15, 0.2) is 5.96 Å². The third-order valence-electron chi connectivity index (χ3n) is 5.54. The van der Waals surface area contributed by atoms with Crippen molar-refractivity contribution < 1.29 is 0 Å². The number of guanidine groups is 1. The molecule has 1 aromatic heterocycles. The van der Waals surface area contributed by atoms with Gasteiger partial charge in [-0.3, -0.25) is 4.99 Å². The second-order valence-electron chi connectivity index (χ2n) is 7.81. The molecule has 150 valence electrons. The highest BCUT2D eigenvalue weighted by Crippen LogP contribution is 2.21. The lowest BCUT2D eigenvalue weighted by atomic mass is 9.99. The summed E-state index contributed by atoms with van der Waals surface area (Å²) in [7, 11) is 1.81. The summed E-state index contributed by atoms with van der Waals surface area (Å²) in [6.45, 7) is 8.34. The Morgan fingerprint density at radius 3 is 2.54 bits per heavy atom. The summed E-state index contributed by atoms with van der Waals surface area (Å²) in [5.74, 6) is 3.17. The number of anilines is 1. The minimum absolute atomic E-state index is 0.424. The molecule has 2 heterocycles. The van der Waals surface area contributed by atoms with E-state index in [1.807, 2.05) is 6.20 Å². The molecule has 0 saturated carbocycles. The van der Waals surface area contributed by atoms with Crippen molar-refractivity contribution in [3.63, 3.8) is 0 Å². The molecular weight excluding hydrogens is 346 g/mol. The second-order valence-corrected chi connectivity index (χ2v) is 7.81. The lowest BCUT2D eigenvalue weighted by molar-refractivity contribution is 0.436. The summed E-state index contributed by atoms with van der Waals surface area (Å²) in [4.78, 5) is 11.4. The van der Waals surface area contributed by atoms with Crippen LogP contribution in [0.5, 0.6) is 0 Å². The van der Waals surface area contributed by atoms with Crippen molar-refractivity contribution in [1.29, 1.82) is 0 Å². The highest BCUT2D eigenvalue weighted by Gasteiger charge is 2.16. The Kier molecular flexibility index (Phi) is 7.29. The summed E-state index contributed by atoms with van der Waals surface area (Å²) in [6.07, 6.45) is 4.49. The number of piperidine rings is 1. The van der Waals surface area contributed by atoms with Crippen LogP contribution < -0.4 is 15.5 Å². The van der Waals surface area contributed by atoms with Crippen molar-refractivity contribution in [3.05, 3.63) is 59.8 Å². The molecule has 2 N–H and O–H groups in total.